The summed E-state index contributed by atoms with van der Waals surface area (Å²) < 4.78 is 22.5. The van der Waals surface area contributed by atoms with Gasteiger partial charge in [0, 0.05) is 0 Å². The third-order valence-corrected chi connectivity index (χ3v) is 6.87. The van der Waals surface area contributed by atoms with Crippen LogP contribution in [0, 0.1) is 0 Å². The van der Waals surface area contributed by atoms with E-state index >= 15 is 0 Å². The van der Waals surface area contributed by atoms with Gasteiger partial charge in [-0.05, 0) is 0 Å². The van der Waals surface area contributed by atoms with Gasteiger partial charge in [-0.15, -0.1) is 0 Å². The molecule has 2 aromatic rings. The zero-order chi connectivity index (χ0) is 17.5. The van der Waals surface area contributed by atoms with Crippen LogP contribution in [0.5, 0.6) is 23.0 Å². The van der Waals surface area contributed by atoms with Crippen molar-refractivity contribution < 1.29 is 18.9 Å². The molecule has 2 unspecified atom stereocenters. The van der Waals surface area contributed by atoms with E-state index in [0.29, 0.717) is 21.2 Å². The molecule has 0 saturated heterocycles. The van der Waals surface area contributed by atoms with Gasteiger partial charge in [-0.2, -0.15) is 0 Å². The molecule has 0 spiro atoms. The van der Waals surface area contributed by atoms with Crippen molar-refractivity contribution >= 4 is 45.5 Å². The Morgan fingerprint density at radius 2 is 0.958 bits per heavy atom. The Kier molecular flexibility index (Phi) is 7.73. The molecular weight excluding hydrogens is 337 g/mol. The number of benzene rings is 2. The molecule has 2 rings (SSSR count). The van der Waals surface area contributed by atoms with Crippen LogP contribution in [0.25, 0.3) is 0 Å². The third-order valence-electron chi connectivity index (χ3n) is 3.58. The second-order valence-electron chi connectivity index (χ2n) is 5.09. The van der Waals surface area contributed by atoms with Gasteiger partial charge >= 0.3 is 156 Å². The van der Waals surface area contributed by atoms with E-state index in [9.17, 15) is 0 Å². The minimum atomic E-state index is 0.417. The predicted octanol–water partition coefficient (Wildman–Crippen LogP) is 2.48. The SMILES string of the molecule is [Li][CH](Pc1c(OC)cccc1OC)Pc1c(OC)cccc1OC. The van der Waals surface area contributed by atoms with Crippen LogP contribution in [0.4, 0.5) is 0 Å². The number of hydrogen-bond donors (Lipinski definition) is 0. The topological polar surface area (TPSA) is 36.9 Å². The second-order valence-corrected chi connectivity index (χ2v) is 8.97. The standard InChI is InChI=1S/C17H21O4P2.Li/c1-18-12-7-5-8-13(19-2)16(12)22-11-23-17-14(20-3)9-6-10-15(17)21-4;/h5-11,22-23H,1-4H3;. The van der Waals surface area contributed by atoms with E-state index in [-0.39, 0.29) is 0 Å². The Labute approximate surface area is 156 Å². The van der Waals surface area contributed by atoms with E-state index in [1.165, 1.54) is 0 Å². The van der Waals surface area contributed by atoms with E-state index in [1.54, 1.807) is 28.4 Å². The van der Waals surface area contributed by atoms with Crippen LogP contribution >= 0.6 is 17.2 Å². The molecule has 0 aromatic heterocycles. The molecule has 0 radical (unpaired) electrons. The summed E-state index contributed by atoms with van der Waals surface area (Å²) in [7, 11) is 7.90. The monoisotopic (exact) mass is 358 g/mol. The summed E-state index contributed by atoms with van der Waals surface area (Å²) >= 11 is 2.23. The predicted molar refractivity (Wildman–Crippen MR) is 105 cm³/mol. The van der Waals surface area contributed by atoms with E-state index in [0.717, 1.165) is 33.6 Å². The molecular formula is C17H21LiO4P2. The maximum absolute atomic E-state index is 5.51. The first-order valence-electron chi connectivity index (χ1n) is 7.59. The molecule has 0 aliphatic carbocycles. The number of hydrogen-bond acceptors (Lipinski definition) is 4. The molecule has 0 aliphatic rings. The third kappa shape index (κ3) is 4.59. The maximum atomic E-state index is 5.51. The molecule has 0 saturated carbocycles. The van der Waals surface area contributed by atoms with Gasteiger partial charge in [-0.1, -0.05) is 0 Å². The van der Waals surface area contributed by atoms with Crippen molar-refractivity contribution in [2.45, 2.75) is 4.07 Å². The summed E-state index contributed by atoms with van der Waals surface area (Å²) in [5, 5.41) is 2.24. The van der Waals surface area contributed by atoms with Crippen molar-refractivity contribution in [2.24, 2.45) is 0 Å². The van der Waals surface area contributed by atoms with Crippen molar-refractivity contribution in [3.63, 3.8) is 0 Å². The minimum absolute atomic E-state index is 0.417. The Morgan fingerprint density at radius 1 is 0.667 bits per heavy atom. The van der Waals surface area contributed by atoms with Gasteiger partial charge in [0.2, 0.25) is 0 Å². The quantitative estimate of drug-likeness (QED) is 0.537. The van der Waals surface area contributed by atoms with Gasteiger partial charge in [0.1, 0.15) is 0 Å². The Bertz CT molecular complexity index is 580. The van der Waals surface area contributed by atoms with Crippen molar-refractivity contribution in [3.8, 4) is 23.0 Å². The molecule has 0 aliphatic heterocycles. The van der Waals surface area contributed by atoms with Gasteiger partial charge in [0.15, 0.2) is 0 Å². The molecule has 24 heavy (non-hydrogen) atoms. The van der Waals surface area contributed by atoms with Gasteiger partial charge in [0.25, 0.3) is 0 Å². The molecule has 0 N–H and O–H groups in total. The Morgan fingerprint density at radius 3 is 1.21 bits per heavy atom. The molecule has 4 nitrogen and oxygen atoms in total. The molecule has 2 atom stereocenters. The summed E-state index contributed by atoms with van der Waals surface area (Å²) in [5.74, 6) is 3.49. The summed E-state index contributed by atoms with van der Waals surface area (Å²) in [5.41, 5.74) is 0. The summed E-state index contributed by atoms with van der Waals surface area (Å²) in [6.45, 7) is 0. The molecule has 2 aromatic carbocycles. The van der Waals surface area contributed by atoms with Gasteiger partial charge in [-0.3, -0.25) is 0 Å². The molecule has 0 amide bonds. The summed E-state index contributed by atoms with van der Waals surface area (Å²) in [4.78, 5) is 0. The molecule has 0 bridgehead atoms. The summed E-state index contributed by atoms with van der Waals surface area (Å²) in [6.07, 6.45) is 0. The average molecular weight is 358 g/mol. The van der Waals surface area contributed by atoms with E-state index in [1.807, 2.05) is 36.4 Å². The van der Waals surface area contributed by atoms with Crippen molar-refractivity contribution in [1.29, 1.82) is 0 Å². The van der Waals surface area contributed by atoms with Gasteiger partial charge < -0.3 is 0 Å². The first kappa shape index (κ1) is 19.4. The number of methoxy groups -OCH3 is 4. The van der Waals surface area contributed by atoms with Gasteiger partial charge in [0.05, 0.1) is 0 Å². The normalized spacial score (nSPS) is 12.8. The van der Waals surface area contributed by atoms with Crippen LogP contribution in [0.15, 0.2) is 36.4 Å². The fourth-order valence-electron chi connectivity index (χ4n) is 2.46. The number of ether oxygens (including phenoxy) is 4. The zero-order valence-electron chi connectivity index (χ0n) is 14.7. The van der Waals surface area contributed by atoms with Crippen LogP contribution in [0.3, 0.4) is 0 Å². The van der Waals surface area contributed by atoms with Crippen LogP contribution < -0.4 is 29.6 Å². The zero-order valence-corrected chi connectivity index (χ0v) is 16.7. The van der Waals surface area contributed by atoms with E-state index in [2.05, 4.69) is 17.7 Å². The van der Waals surface area contributed by atoms with Gasteiger partial charge in [-0.25, -0.2) is 0 Å². The molecule has 124 valence electrons. The molecule has 7 heteroatoms. The molecule has 0 heterocycles. The van der Waals surface area contributed by atoms with Crippen molar-refractivity contribution in [2.75, 3.05) is 28.4 Å². The van der Waals surface area contributed by atoms with Crippen LogP contribution in [-0.2, 0) is 0 Å². The van der Waals surface area contributed by atoms with Crippen molar-refractivity contribution in [3.05, 3.63) is 36.4 Å². The Balaban J connectivity index is 2.25. The number of rotatable bonds is 8. The van der Waals surface area contributed by atoms with E-state index < -0.39 is 0 Å². The first-order chi connectivity index (χ1) is 11.6. The van der Waals surface area contributed by atoms with Crippen LogP contribution in [0.2, 0.25) is 0 Å². The van der Waals surface area contributed by atoms with Crippen molar-refractivity contribution in [1.82, 2.24) is 0 Å². The summed E-state index contributed by atoms with van der Waals surface area (Å²) in [6, 6.07) is 11.8. The second kappa shape index (κ2) is 9.55. The van der Waals surface area contributed by atoms with E-state index in [4.69, 9.17) is 18.9 Å². The fraction of sp³-hybridized carbons (Fsp3) is 0.294. The van der Waals surface area contributed by atoms with Crippen LogP contribution in [-0.4, -0.2) is 50.2 Å². The fourth-order valence-corrected chi connectivity index (χ4v) is 5.79. The molecule has 0 fully saturated rings. The van der Waals surface area contributed by atoms with Crippen LogP contribution in [0.1, 0.15) is 0 Å². The first-order valence-corrected chi connectivity index (χ1v) is 9.75. The Hall–Kier alpha value is -0.903. The average Bonchev–Trinajstić information content (AvgIpc) is 2.61.